The summed E-state index contributed by atoms with van der Waals surface area (Å²) >= 11 is 0. The number of hydrogen-bond donors (Lipinski definition) is 1. The Balaban J connectivity index is 2.12. The van der Waals surface area contributed by atoms with Crippen LogP contribution in [0, 0.1) is 0 Å². The molecule has 1 fully saturated rings. The van der Waals surface area contributed by atoms with Crippen LogP contribution in [0.5, 0.6) is 0 Å². The van der Waals surface area contributed by atoms with Crippen molar-refractivity contribution in [3.8, 4) is 0 Å². The molecule has 4 nitrogen and oxygen atoms in total. The van der Waals surface area contributed by atoms with E-state index in [0.29, 0.717) is 0 Å². The van der Waals surface area contributed by atoms with Gasteiger partial charge in [-0.3, -0.25) is 9.79 Å². The molecule has 66 valence electrons. The van der Waals surface area contributed by atoms with Gasteiger partial charge in [0.1, 0.15) is 18.0 Å². The Morgan fingerprint density at radius 1 is 1.58 bits per heavy atom. The van der Waals surface area contributed by atoms with E-state index < -0.39 is 0 Å². The minimum absolute atomic E-state index is 0.0201. The molecular weight excluding hydrogens is 156 g/mol. The normalized spacial score (nSPS) is 26.1. The third-order valence-electron chi connectivity index (χ3n) is 2.62. The van der Waals surface area contributed by atoms with Gasteiger partial charge in [-0.2, -0.15) is 0 Å². The van der Waals surface area contributed by atoms with Gasteiger partial charge in [-0.15, -0.1) is 0 Å². The fourth-order valence-corrected chi connectivity index (χ4v) is 1.66. The molecule has 1 heterocycles. The molecule has 1 N–H and O–H groups in total. The second kappa shape index (κ2) is 2.55. The first-order chi connectivity index (χ1) is 5.77. The lowest BCUT2D eigenvalue weighted by Crippen LogP contribution is -2.52. The number of methoxy groups -OCH3 is 1. The van der Waals surface area contributed by atoms with Crippen molar-refractivity contribution in [3.05, 3.63) is 0 Å². The van der Waals surface area contributed by atoms with Crippen LogP contribution in [0.1, 0.15) is 19.3 Å². The van der Waals surface area contributed by atoms with Crippen LogP contribution in [-0.2, 0) is 9.53 Å². The molecule has 0 bridgehead atoms. The van der Waals surface area contributed by atoms with Crippen molar-refractivity contribution < 1.29 is 9.53 Å². The zero-order chi connectivity index (χ0) is 8.60. The van der Waals surface area contributed by atoms with E-state index in [9.17, 15) is 4.79 Å². The first-order valence-corrected chi connectivity index (χ1v) is 4.17. The van der Waals surface area contributed by atoms with Gasteiger partial charge >= 0.3 is 0 Å². The smallest absolute Gasteiger partial charge is 0.247 e. The molecule has 1 aliphatic heterocycles. The molecule has 0 saturated heterocycles. The summed E-state index contributed by atoms with van der Waals surface area (Å²) in [5, 5.41) is 2.73. The third kappa shape index (κ3) is 0.948. The summed E-state index contributed by atoms with van der Waals surface area (Å²) in [5.74, 6) is 0.717. The van der Waals surface area contributed by atoms with E-state index in [0.717, 1.165) is 25.1 Å². The fourth-order valence-electron chi connectivity index (χ4n) is 1.66. The van der Waals surface area contributed by atoms with Gasteiger partial charge in [-0.05, 0) is 19.3 Å². The number of hydrogen-bond acceptors (Lipinski definition) is 3. The van der Waals surface area contributed by atoms with E-state index in [2.05, 4.69) is 10.3 Å². The molecule has 1 amide bonds. The molecule has 1 aliphatic carbocycles. The zero-order valence-corrected chi connectivity index (χ0v) is 7.09. The second-order valence-corrected chi connectivity index (χ2v) is 3.26. The van der Waals surface area contributed by atoms with Crippen molar-refractivity contribution in [2.45, 2.75) is 24.9 Å². The van der Waals surface area contributed by atoms with Crippen molar-refractivity contribution >= 4 is 11.7 Å². The molecule has 0 aromatic rings. The van der Waals surface area contributed by atoms with Crippen LogP contribution in [0.4, 0.5) is 0 Å². The van der Waals surface area contributed by atoms with Gasteiger partial charge in [0.2, 0.25) is 5.91 Å². The summed E-state index contributed by atoms with van der Waals surface area (Å²) in [6, 6.07) is 0. The van der Waals surface area contributed by atoms with Crippen LogP contribution in [0.3, 0.4) is 0 Å². The third-order valence-corrected chi connectivity index (χ3v) is 2.62. The topological polar surface area (TPSA) is 50.7 Å². The van der Waals surface area contributed by atoms with Gasteiger partial charge in [0.05, 0.1) is 0 Å². The van der Waals surface area contributed by atoms with Crippen molar-refractivity contribution in [2.75, 3.05) is 13.7 Å². The minimum Gasteiger partial charge on any atom is -0.370 e. The maximum absolute atomic E-state index is 10.9. The van der Waals surface area contributed by atoms with Crippen molar-refractivity contribution in [1.82, 2.24) is 5.32 Å². The molecule has 12 heavy (non-hydrogen) atoms. The van der Waals surface area contributed by atoms with Gasteiger partial charge in [-0.25, -0.2) is 0 Å². The zero-order valence-electron chi connectivity index (χ0n) is 7.09. The second-order valence-electron chi connectivity index (χ2n) is 3.26. The molecule has 0 radical (unpaired) electrons. The summed E-state index contributed by atoms with van der Waals surface area (Å²) in [6.07, 6.45) is 3.11. The lowest BCUT2D eigenvalue weighted by atomic mass is 9.79. The first kappa shape index (κ1) is 7.73. The number of nitrogens with one attached hydrogen (secondary N) is 1. The Bertz CT molecular complexity index is 238. The van der Waals surface area contributed by atoms with Crippen molar-refractivity contribution in [3.63, 3.8) is 0 Å². The lowest BCUT2D eigenvalue weighted by molar-refractivity contribution is -0.118. The van der Waals surface area contributed by atoms with Crippen LogP contribution in [0.15, 0.2) is 4.99 Å². The highest BCUT2D eigenvalue weighted by Crippen LogP contribution is 2.36. The Labute approximate surface area is 71.0 Å². The summed E-state index contributed by atoms with van der Waals surface area (Å²) < 4.78 is 5.36. The highest BCUT2D eigenvalue weighted by molar-refractivity contribution is 6.08. The number of carbonyl (C=O) groups is 1. The van der Waals surface area contributed by atoms with Gasteiger partial charge < -0.3 is 10.1 Å². The molecule has 0 atom stereocenters. The minimum atomic E-state index is -0.258. The van der Waals surface area contributed by atoms with Crippen LogP contribution >= 0.6 is 0 Å². The van der Waals surface area contributed by atoms with Crippen molar-refractivity contribution in [2.24, 2.45) is 4.99 Å². The van der Waals surface area contributed by atoms with E-state index in [1.807, 2.05) is 0 Å². The molecule has 0 unspecified atom stereocenters. The average Bonchev–Trinajstić information content (AvgIpc) is 2.35. The van der Waals surface area contributed by atoms with E-state index in [1.165, 1.54) is 0 Å². The largest absolute Gasteiger partial charge is 0.370 e. The molecule has 0 aromatic heterocycles. The monoisotopic (exact) mass is 168 g/mol. The number of aliphatic imine (C=N–C) groups is 1. The molecule has 4 heteroatoms. The molecule has 0 aromatic carbocycles. The number of rotatable bonds is 2. The van der Waals surface area contributed by atoms with Gasteiger partial charge in [0, 0.05) is 7.11 Å². The molecular formula is C8H12N2O2. The lowest BCUT2D eigenvalue weighted by Gasteiger charge is -2.39. The molecule has 0 spiro atoms. The Kier molecular flexibility index (Phi) is 1.65. The average molecular weight is 168 g/mol. The quantitative estimate of drug-likeness (QED) is 0.635. The van der Waals surface area contributed by atoms with E-state index in [-0.39, 0.29) is 18.1 Å². The van der Waals surface area contributed by atoms with E-state index in [4.69, 9.17) is 4.74 Å². The van der Waals surface area contributed by atoms with Gasteiger partial charge in [-0.1, -0.05) is 0 Å². The van der Waals surface area contributed by atoms with E-state index >= 15 is 0 Å². The van der Waals surface area contributed by atoms with Gasteiger partial charge in [0.15, 0.2) is 0 Å². The number of amides is 1. The maximum Gasteiger partial charge on any atom is 0.247 e. The van der Waals surface area contributed by atoms with Crippen LogP contribution in [-0.4, -0.2) is 31.0 Å². The summed E-state index contributed by atoms with van der Waals surface area (Å²) in [6.45, 7) is 0.264. The van der Waals surface area contributed by atoms with Crippen LogP contribution in [0.25, 0.3) is 0 Å². The number of ether oxygens (including phenoxy) is 1. The van der Waals surface area contributed by atoms with Crippen LogP contribution < -0.4 is 5.32 Å². The molecule has 2 rings (SSSR count). The summed E-state index contributed by atoms with van der Waals surface area (Å²) in [7, 11) is 1.67. The molecule has 1 saturated carbocycles. The first-order valence-electron chi connectivity index (χ1n) is 4.17. The van der Waals surface area contributed by atoms with Crippen molar-refractivity contribution in [1.29, 1.82) is 0 Å². The number of amidine groups is 1. The molecule has 2 aliphatic rings. The standard InChI is InChI=1S/C8H12N2O2/c1-12-8(3-2-4-8)7-9-5-6(11)10-7/h2-5H2,1H3,(H,9,10,11). The van der Waals surface area contributed by atoms with Crippen LogP contribution in [0.2, 0.25) is 0 Å². The fraction of sp³-hybridized carbons (Fsp3) is 0.750. The highest BCUT2D eigenvalue weighted by atomic mass is 16.5. The summed E-state index contributed by atoms with van der Waals surface area (Å²) in [4.78, 5) is 15.0. The Morgan fingerprint density at radius 2 is 2.33 bits per heavy atom. The predicted octanol–water partition coefficient (Wildman–Crippen LogP) is 0.0838. The highest BCUT2D eigenvalue weighted by Gasteiger charge is 2.44. The maximum atomic E-state index is 10.9. The summed E-state index contributed by atoms with van der Waals surface area (Å²) in [5.41, 5.74) is -0.258. The number of nitrogens with zero attached hydrogens (tertiary/aromatic N) is 1. The Hall–Kier alpha value is -0.900. The predicted molar refractivity (Wildman–Crippen MR) is 44.0 cm³/mol. The number of carbonyl (C=O) groups excluding carboxylic acids is 1. The SMILES string of the molecule is COC1(C2=NCC(=O)N2)CCC1. The van der Waals surface area contributed by atoms with E-state index in [1.54, 1.807) is 7.11 Å². The van der Waals surface area contributed by atoms with Gasteiger partial charge in [0.25, 0.3) is 0 Å². The Morgan fingerprint density at radius 3 is 2.67 bits per heavy atom.